The highest BCUT2D eigenvalue weighted by atomic mass is 16.5. The first kappa shape index (κ1) is 11.9. The number of rotatable bonds is 4. The maximum atomic E-state index is 5.94. The van der Waals surface area contributed by atoms with Crippen LogP contribution in [0.15, 0.2) is 12.3 Å². The fourth-order valence-corrected chi connectivity index (χ4v) is 1.77. The first-order valence-electron chi connectivity index (χ1n) is 5.18. The second kappa shape index (κ2) is 5.07. The molecule has 0 amide bonds. The van der Waals surface area contributed by atoms with Gasteiger partial charge in [-0.25, -0.2) is 4.98 Å². The van der Waals surface area contributed by atoms with Crippen LogP contribution in [0.3, 0.4) is 0 Å². The Morgan fingerprint density at radius 3 is 2.47 bits per heavy atom. The molecule has 0 aliphatic carbocycles. The van der Waals surface area contributed by atoms with Gasteiger partial charge in [-0.3, -0.25) is 0 Å². The molecule has 2 N–H and O–H groups in total. The van der Waals surface area contributed by atoms with Gasteiger partial charge in [0.1, 0.15) is 5.82 Å². The van der Waals surface area contributed by atoms with Gasteiger partial charge in [0, 0.05) is 24.2 Å². The monoisotopic (exact) mass is 209 g/mol. The molecule has 0 radical (unpaired) electrons. The first-order valence-corrected chi connectivity index (χ1v) is 5.18. The van der Waals surface area contributed by atoms with E-state index in [1.54, 1.807) is 19.4 Å². The van der Waals surface area contributed by atoms with E-state index in [0.717, 1.165) is 5.82 Å². The minimum Gasteiger partial charge on any atom is -0.481 e. The van der Waals surface area contributed by atoms with Gasteiger partial charge >= 0.3 is 0 Å². The van der Waals surface area contributed by atoms with E-state index in [1.165, 1.54) is 0 Å². The molecule has 0 fully saturated rings. The average molecular weight is 209 g/mol. The van der Waals surface area contributed by atoms with E-state index in [2.05, 4.69) is 23.8 Å². The second-order valence-electron chi connectivity index (χ2n) is 4.09. The molecule has 0 spiro atoms. The molecule has 1 rings (SSSR count). The molecule has 1 aromatic rings. The fourth-order valence-electron chi connectivity index (χ4n) is 1.77. The van der Waals surface area contributed by atoms with Crippen LogP contribution in [-0.4, -0.2) is 23.1 Å². The Morgan fingerprint density at radius 1 is 1.33 bits per heavy atom. The number of nitrogens with zero attached hydrogens (tertiary/aromatic N) is 2. The van der Waals surface area contributed by atoms with E-state index in [0.29, 0.717) is 11.8 Å². The molecule has 84 valence electrons. The summed E-state index contributed by atoms with van der Waals surface area (Å²) in [6.45, 7) is 6.22. The van der Waals surface area contributed by atoms with Crippen molar-refractivity contribution in [3.8, 4) is 5.88 Å². The Hall–Kier alpha value is -1.16. The minimum absolute atomic E-state index is 0.0390. The van der Waals surface area contributed by atoms with Gasteiger partial charge in [0.25, 0.3) is 0 Å². The molecular formula is C11H19N3O. The smallest absolute Gasteiger partial charge is 0.216 e. The van der Waals surface area contributed by atoms with Crippen molar-refractivity contribution in [2.45, 2.75) is 32.7 Å². The topological polar surface area (TPSA) is 61.0 Å². The van der Waals surface area contributed by atoms with E-state index in [4.69, 9.17) is 10.5 Å². The van der Waals surface area contributed by atoms with Gasteiger partial charge in [0.2, 0.25) is 5.88 Å². The Balaban J connectivity index is 3.00. The van der Waals surface area contributed by atoms with Gasteiger partial charge in [-0.1, -0.05) is 13.8 Å². The molecule has 0 saturated carbocycles. The molecule has 0 saturated heterocycles. The van der Waals surface area contributed by atoms with E-state index in [9.17, 15) is 0 Å². The van der Waals surface area contributed by atoms with Crippen molar-refractivity contribution in [1.29, 1.82) is 0 Å². The van der Waals surface area contributed by atoms with Crippen molar-refractivity contribution >= 4 is 0 Å². The summed E-state index contributed by atoms with van der Waals surface area (Å²) in [6, 6.07) is 1.78. The van der Waals surface area contributed by atoms with Gasteiger partial charge < -0.3 is 10.5 Å². The molecule has 0 bridgehead atoms. The quantitative estimate of drug-likeness (QED) is 0.817. The Morgan fingerprint density at radius 2 is 2.00 bits per heavy atom. The molecule has 0 aliphatic rings. The summed E-state index contributed by atoms with van der Waals surface area (Å²) >= 11 is 0. The van der Waals surface area contributed by atoms with Crippen LogP contribution >= 0.6 is 0 Å². The van der Waals surface area contributed by atoms with Crippen LogP contribution in [-0.2, 0) is 0 Å². The fraction of sp³-hybridized carbons (Fsp3) is 0.636. The molecule has 4 heteroatoms. The zero-order valence-electron chi connectivity index (χ0n) is 9.77. The highest BCUT2D eigenvalue weighted by Crippen LogP contribution is 2.24. The van der Waals surface area contributed by atoms with Gasteiger partial charge in [0.15, 0.2) is 0 Å². The van der Waals surface area contributed by atoms with Crippen molar-refractivity contribution in [3.05, 3.63) is 18.1 Å². The highest BCUT2D eigenvalue weighted by molar-refractivity contribution is 5.12. The van der Waals surface area contributed by atoms with Crippen molar-refractivity contribution in [2.75, 3.05) is 7.11 Å². The first-order chi connectivity index (χ1) is 7.06. The SMILES string of the molecule is COc1ccnc(C(C(C)C)C(C)N)n1. The number of hydrogen-bond donors (Lipinski definition) is 1. The molecule has 4 nitrogen and oxygen atoms in total. The number of methoxy groups -OCH3 is 1. The lowest BCUT2D eigenvalue weighted by molar-refractivity contribution is 0.377. The molecule has 1 aromatic heterocycles. The molecular weight excluding hydrogens is 190 g/mol. The second-order valence-corrected chi connectivity index (χ2v) is 4.09. The number of aromatic nitrogens is 2. The van der Waals surface area contributed by atoms with Crippen molar-refractivity contribution < 1.29 is 4.74 Å². The van der Waals surface area contributed by atoms with Gasteiger partial charge in [-0.2, -0.15) is 4.98 Å². The summed E-state index contributed by atoms with van der Waals surface area (Å²) in [5.74, 6) is 1.93. The van der Waals surface area contributed by atoms with Crippen LogP contribution in [0.5, 0.6) is 5.88 Å². The number of hydrogen-bond acceptors (Lipinski definition) is 4. The lowest BCUT2D eigenvalue weighted by Crippen LogP contribution is -2.30. The van der Waals surface area contributed by atoms with Gasteiger partial charge in [-0.05, 0) is 12.8 Å². The summed E-state index contributed by atoms with van der Waals surface area (Å²) in [5.41, 5.74) is 5.94. The Labute approximate surface area is 90.9 Å². The predicted octanol–water partition coefficient (Wildman–Crippen LogP) is 1.57. The zero-order chi connectivity index (χ0) is 11.4. The van der Waals surface area contributed by atoms with E-state index in [1.807, 2.05) is 6.92 Å². The molecule has 2 unspecified atom stereocenters. The third-order valence-electron chi connectivity index (χ3n) is 2.44. The summed E-state index contributed by atoms with van der Waals surface area (Å²) in [7, 11) is 1.60. The van der Waals surface area contributed by atoms with Crippen molar-refractivity contribution in [3.63, 3.8) is 0 Å². The summed E-state index contributed by atoms with van der Waals surface area (Å²) < 4.78 is 5.07. The zero-order valence-corrected chi connectivity index (χ0v) is 9.77. The van der Waals surface area contributed by atoms with Crippen LogP contribution < -0.4 is 10.5 Å². The third kappa shape index (κ3) is 2.89. The van der Waals surface area contributed by atoms with Crippen LogP contribution in [0.25, 0.3) is 0 Å². The third-order valence-corrected chi connectivity index (χ3v) is 2.44. The molecule has 0 aromatic carbocycles. The Bertz CT molecular complexity index is 304. The number of ether oxygens (including phenoxy) is 1. The minimum atomic E-state index is 0.0390. The molecule has 15 heavy (non-hydrogen) atoms. The Kier molecular flexibility index (Phi) is 4.03. The van der Waals surface area contributed by atoms with Crippen molar-refractivity contribution in [1.82, 2.24) is 9.97 Å². The van der Waals surface area contributed by atoms with Crippen molar-refractivity contribution in [2.24, 2.45) is 11.7 Å². The lowest BCUT2D eigenvalue weighted by Gasteiger charge is -2.23. The molecule has 1 heterocycles. The van der Waals surface area contributed by atoms with Crippen LogP contribution in [0, 0.1) is 5.92 Å². The molecule has 2 atom stereocenters. The normalized spacial score (nSPS) is 15.1. The van der Waals surface area contributed by atoms with Crippen LogP contribution in [0.1, 0.15) is 32.5 Å². The largest absolute Gasteiger partial charge is 0.481 e. The lowest BCUT2D eigenvalue weighted by atomic mass is 9.89. The predicted molar refractivity (Wildman–Crippen MR) is 59.8 cm³/mol. The highest BCUT2D eigenvalue weighted by Gasteiger charge is 2.23. The summed E-state index contributed by atoms with van der Waals surface area (Å²) in [5, 5.41) is 0. The van der Waals surface area contributed by atoms with E-state index in [-0.39, 0.29) is 12.0 Å². The number of nitrogens with two attached hydrogens (primary N) is 1. The standard InChI is InChI=1S/C11H19N3O/c1-7(2)10(8(3)12)11-13-6-5-9(14-11)15-4/h5-8,10H,12H2,1-4H3. The summed E-state index contributed by atoms with van der Waals surface area (Å²) in [4.78, 5) is 8.58. The molecule has 0 aliphatic heterocycles. The average Bonchev–Trinajstić information content (AvgIpc) is 2.17. The van der Waals surface area contributed by atoms with Gasteiger partial charge in [0.05, 0.1) is 7.11 Å². The van der Waals surface area contributed by atoms with Gasteiger partial charge in [-0.15, -0.1) is 0 Å². The summed E-state index contributed by atoms with van der Waals surface area (Å²) in [6.07, 6.45) is 1.71. The van der Waals surface area contributed by atoms with Crippen LogP contribution in [0.4, 0.5) is 0 Å². The van der Waals surface area contributed by atoms with E-state index >= 15 is 0 Å². The van der Waals surface area contributed by atoms with Crippen LogP contribution in [0.2, 0.25) is 0 Å². The maximum Gasteiger partial charge on any atom is 0.216 e. The maximum absolute atomic E-state index is 5.94. The van der Waals surface area contributed by atoms with E-state index < -0.39 is 0 Å².